The Morgan fingerprint density at radius 3 is 2.61 bits per heavy atom. The molecule has 0 atom stereocenters. The molecule has 0 amide bonds. The molecule has 2 rings (SSSR count). The maximum Gasteiger partial charge on any atom is 0.337 e. The van der Waals surface area contributed by atoms with Crippen molar-refractivity contribution in [3.8, 4) is 0 Å². The molecular weight excluding hydrogens is 360 g/mol. The van der Waals surface area contributed by atoms with Gasteiger partial charge >= 0.3 is 5.97 Å². The van der Waals surface area contributed by atoms with Crippen LogP contribution in [0.5, 0.6) is 0 Å². The van der Waals surface area contributed by atoms with E-state index in [0.29, 0.717) is 15.6 Å². The Labute approximate surface area is 142 Å². The molecule has 2 aromatic rings. The molecule has 0 aliphatic carbocycles. The molecule has 0 spiro atoms. The molecule has 0 saturated heterocycles. The van der Waals surface area contributed by atoms with E-state index in [4.69, 9.17) is 5.11 Å². The highest BCUT2D eigenvalue weighted by atomic mass is 79.9. The van der Waals surface area contributed by atoms with Crippen LogP contribution in [-0.2, 0) is 11.3 Å². The van der Waals surface area contributed by atoms with Gasteiger partial charge in [0.05, 0.1) is 19.3 Å². The second kappa shape index (κ2) is 7.85. The first-order valence-corrected chi connectivity index (χ1v) is 7.64. The molecular formula is C18H15BrO4. The standard InChI is InChI=1S/C18H15BrO4/c1-23-18(22)14-4-2-3-12(9-14)5-8-17(21)13-6-7-15(11-20)16(19)10-13/h2-10,20H,11H2,1H3/b8-5+. The van der Waals surface area contributed by atoms with E-state index in [1.165, 1.54) is 13.2 Å². The Hall–Kier alpha value is -2.24. The molecule has 0 aliphatic rings. The van der Waals surface area contributed by atoms with Gasteiger partial charge in [-0.05, 0) is 35.4 Å². The molecule has 2 aromatic carbocycles. The number of aliphatic hydroxyl groups excluding tert-OH is 1. The number of benzene rings is 2. The van der Waals surface area contributed by atoms with Gasteiger partial charge in [-0.2, -0.15) is 0 Å². The van der Waals surface area contributed by atoms with Crippen LogP contribution in [0.4, 0.5) is 0 Å². The van der Waals surface area contributed by atoms with E-state index in [2.05, 4.69) is 20.7 Å². The number of rotatable bonds is 5. The fourth-order valence-electron chi connectivity index (χ4n) is 1.98. The van der Waals surface area contributed by atoms with Gasteiger partial charge in [-0.25, -0.2) is 4.79 Å². The van der Waals surface area contributed by atoms with Crippen molar-refractivity contribution in [3.05, 3.63) is 75.3 Å². The van der Waals surface area contributed by atoms with Crippen molar-refractivity contribution < 1.29 is 19.4 Å². The van der Waals surface area contributed by atoms with Gasteiger partial charge in [-0.3, -0.25) is 4.79 Å². The van der Waals surface area contributed by atoms with E-state index < -0.39 is 5.97 Å². The zero-order valence-corrected chi connectivity index (χ0v) is 14.0. The lowest BCUT2D eigenvalue weighted by molar-refractivity contribution is 0.0600. The second-order valence-corrected chi connectivity index (χ2v) is 5.63. The van der Waals surface area contributed by atoms with Gasteiger partial charge < -0.3 is 9.84 Å². The summed E-state index contributed by atoms with van der Waals surface area (Å²) in [6.45, 7) is -0.0921. The molecule has 0 heterocycles. The summed E-state index contributed by atoms with van der Waals surface area (Å²) in [5.41, 5.74) is 2.38. The van der Waals surface area contributed by atoms with Crippen molar-refractivity contribution in [3.63, 3.8) is 0 Å². The maximum atomic E-state index is 12.2. The van der Waals surface area contributed by atoms with Crippen molar-refractivity contribution in [2.75, 3.05) is 7.11 Å². The first kappa shape index (κ1) is 17.1. The molecule has 5 heteroatoms. The summed E-state index contributed by atoms with van der Waals surface area (Å²) < 4.78 is 5.35. The van der Waals surface area contributed by atoms with Crippen LogP contribution in [0, 0.1) is 0 Å². The van der Waals surface area contributed by atoms with Gasteiger partial charge in [-0.15, -0.1) is 0 Å². The largest absolute Gasteiger partial charge is 0.465 e. The van der Waals surface area contributed by atoms with Crippen LogP contribution in [0.15, 0.2) is 53.0 Å². The average molecular weight is 375 g/mol. The first-order valence-electron chi connectivity index (χ1n) is 6.85. The molecule has 0 aromatic heterocycles. The average Bonchev–Trinajstić information content (AvgIpc) is 2.59. The fraction of sp³-hybridized carbons (Fsp3) is 0.111. The van der Waals surface area contributed by atoms with Crippen LogP contribution in [0.2, 0.25) is 0 Å². The lowest BCUT2D eigenvalue weighted by Gasteiger charge is -2.03. The number of ether oxygens (including phenoxy) is 1. The Kier molecular flexibility index (Phi) is 5.84. The molecule has 23 heavy (non-hydrogen) atoms. The molecule has 0 radical (unpaired) electrons. The number of carbonyl (C=O) groups is 2. The minimum atomic E-state index is -0.421. The number of carbonyl (C=O) groups excluding carboxylic acids is 2. The number of halogens is 1. The molecule has 1 N–H and O–H groups in total. The first-order chi connectivity index (χ1) is 11.0. The van der Waals surface area contributed by atoms with Gasteiger partial charge in [-0.1, -0.05) is 46.3 Å². The van der Waals surface area contributed by atoms with Crippen molar-refractivity contribution in [2.24, 2.45) is 0 Å². The zero-order valence-electron chi connectivity index (χ0n) is 12.5. The van der Waals surface area contributed by atoms with Gasteiger partial charge in [0, 0.05) is 10.0 Å². The van der Waals surface area contributed by atoms with Crippen molar-refractivity contribution in [2.45, 2.75) is 6.61 Å². The van der Waals surface area contributed by atoms with Crippen LogP contribution in [-0.4, -0.2) is 24.0 Å². The molecule has 118 valence electrons. The van der Waals surface area contributed by atoms with Crippen molar-refractivity contribution in [1.82, 2.24) is 0 Å². The zero-order chi connectivity index (χ0) is 16.8. The van der Waals surface area contributed by atoms with E-state index >= 15 is 0 Å². The summed E-state index contributed by atoms with van der Waals surface area (Å²) in [6, 6.07) is 11.8. The fourth-order valence-corrected chi connectivity index (χ4v) is 2.49. The second-order valence-electron chi connectivity index (χ2n) is 4.78. The van der Waals surface area contributed by atoms with Crippen LogP contribution in [0.3, 0.4) is 0 Å². The normalized spacial score (nSPS) is 10.7. The number of esters is 1. The summed E-state index contributed by atoms with van der Waals surface area (Å²) in [6.07, 6.45) is 3.08. The van der Waals surface area contributed by atoms with Gasteiger partial charge in [0.1, 0.15) is 0 Å². The Balaban J connectivity index is 2.18. The minimum absolute atomic E-state index is 0.0921. The van der Waals surface area contributed by atoms with Crippen LogP contribution >= 0.6 is 15.9 Å². The predicted molar refractivity (Wildman–Crippen MR) is 91.2 cm³/mol. The third-order valence-electron chi connectivity index (χ3n) is 3.24. The third kappa shape index (κ3) is 4.37. The SMILES string of the molecule is COC(=O)c1cccc(/C=C/C(=O)c2ccc(CO)c(Br)c2)c1. The summed E-state index contributed by atoms with van der Waals surface area (Å²) in [5, 5.41) is 9.12. The highest BCUT2D eigenvalue weighted by molar-refractivity contribution is 9.10. The van der Waals surface area contributed by atoms with Crippen LogP contribution in [0.1, 0.15) is 31.8 Å². The van der Waals surface area contributed by atoms with E-state index in [1.54, 1.807) is 48.5 Å². The third-order valence-corrected chi connectivity index (χ3v) is 3.98. The monoisotopic (exact) mass is 374 g/mol. The number of aliphatic hydroxyl groups is 1. The molecule has 0 fully saturated rings. The highest BCUT2D eigenvalue weighted by Gasteiger charge is 2.07. The van der Waals surface area contributed by atoms with Crippen LogP contribution in [0.25, 0.3) is 6.08 Å². The topological polar surface area (TPSA) is 63.6 Å². The smallest absolute Gasteiger partial charge is 0.337 e. The molecule has 0 aliphatic heterocycles. The van der Waals surface area contributed by atoms with Gasteiger partial charge in [0.25, 0.3) is 0 Å². The van der Waals surface area contributed by atoms with Crippen molar-refractivity contribution >= 4 is 33.8 Å². The summed E-state index contributed by atoms with van der Waals surface area (Å²) in [4.78, 5) is 23.7. The van der Waals surface area contributed by atoms with Crippen LogP contribution < -0.4 is 0 Å². The van der Waals surface area contributed by atoms with E-state index in [9.17, 15) is 9.59 Å². The molecule has 0 bridgehead atoms. The van der Waals surface area contributed by atoms with E-state index in [-0.39, 0.29) is 12.4 Å². The molecule has 4 nitrogen and oxygen atoms in total. The van der Waals surface area contributed by atoms with Crippen molar-refractivity contribution in [1.29, 1.82) is 0 Å². The summed E-state index contributed by atoms with van der Waals surface area (Å²) in [7, 11) is 1.32. The highest BCUT2D eigenvalue weighted by Crippen LogP contribution is 2.19. The predicted octanol–water partition coefficient (Wildman–Crippen LogP) is 3.62. The van der Waals surface area contributed by atoms with E-state index in [1.807, 2.05) is 0 Å². The number of hydrogen-bond donors (Lipinski definition) is 1. The Morgan fingerprint density at radius 1 is 1.17 bits per heavy atom. The summed E-state index contributed by atoms with van der Waals surface area (Å²) >= 11 is 3.32. The maximum absolute atomic E-state index is 12.2. The van der Waals surface area contributed by atoms with Gasteiger partial charge in [0.15, 0.2) is 5.78 Å². The van der Waals surface area contributed by atoms with Gasteiger partial charge in [0.2, 0.25) is 0 Å². The Morgan fingerprint density at radius 2 is 1.96 bits per heavy atom. The Bertz CT molecular complexity index is 765. The summed E-state index contributed by atoms with van der Waals surface area (Å²) in [5.74, 6) is -0.589. The number of methoxy groups -OCH3 is 1. The lowest BCUT2D eigenvalue weighted by Crippen LogP contribution is -2.00. The van der Waals surface area contributed by atoms with E-state index in [0.717, 1.165) is 11.1 Å². The number of allylic oxidation sites excluding steroid dienone is 1. The number of ketones is 1. The number of hydrogen-bond acceptors (Lipinski definition) is 4. The minimum Gasteiger partial charge on any atom is -0.465 e. The molecule has 0 saturated carbocycles. The quantitative estimate of drug-likeness (QED) is 0.493. The lowest BCUT2D eigenvalue weighted by atomic mass is 10.1. The molecule has 0 unspecified atom stereocenters.